The van der Waals surface area contributed by atoms with Crippen molar-refractivity contribution in [2.24, 2.45) is 0 Å². The zero-order chi connectivity index (χ0) is 16.1. The largest absolute Gasteiger partial charge is 0.479 e. The molecular weight excluding hydrogens is 342 g/mol. The first-order valence-corrected chi connectivity index (χ1v) is 8.98. The Morgan fingerprint density at radius 2 is 2.27 bits per heavy atom. The molecule has 118 valence electrons. The highest BCUT2D eigenvalue weighted by atomic mass is 35.5. The summed E-state index contributed by atoms with van der Waals surface area (Å²) in [5.74, 6) is 0.281. The van der Waals surface area contributed by atoms with Crippen LogP contribution in [0.3, 0.4) is 0 Å². The van der Waals surface area contributed by atoms with Crippen molar-refractivity contribution < 1.29 is 9.53 Å². The zero-order valence-electron chi connectivity index (χ0n) is 12.4. The summed E-state index contributed by atoms with van der Waals surface area (Å²) in [5, 5.41) is 12.0. The van der Waals surface area contributed by atoms with Crippen LogP contribution in [0.25, 0.3) is 0 Å². The van der Waals surface area contributed by atoms with Gasteiger partial charge in [0, 0.05) is 0 Å². The lowest BCUT2D eigenvalue weighted by molar-refractivity contribution is -0.127. The number of thioether (sulfide) groups is 1. The van der Waals surface area contributed by atoms with Crippen LogP contribution in [0.15, 0.2) is 22.5 Å². The number of nitrogens with zero attached hydrogens (tertiary/aromatic N) is 2. The van der Waals surface area contributed by atoms with E-state index in [9.17, 15) is 4.79 Å². The van der Waals surface area contributed by atoms with Crippen LogP contribution in [0.5, 0.6) is 5.75 Å². The van der Waals surface area contributed by atoms with Crippen LogP contribution < -0.4 is 10.1 Å². The molecule has 2 aromatic rings. The van der Waals surface area contributed by atoms with Crippen molar-refractivity contribution in [1.29, 1.82) is 0 Å². The van der Waals surface area contributed by atoms with Crippen LogP contribution in [-0.2, 0) is 11.3 Å². The molecule has 0 aliphatic rings. The number of hydrogen-bond acceptors (Lipinski definition) is 6. The highest BCUT2D eigenvalue weighted by molar-refractivity contribution is 8.00. The van der Waals surface area contributed by atoms with Crippen molar-refractivity contribution in [3.05, 3.63) is 33.8 Å². The van der Waals surface area contributed by atoms with E-state index in [-0.39, 0.29) is 5.91 Å². The quantitative estimate of drug-likeness (QED) is 0.803. The molecule has 1 aromatic carbocycles. The number of rotatable bonds is 6. The number of carbonyl (C=O) groups excluding carboxylic acids is 1. The Kier molecular flexibility index (Phi) is 6.05. The summed E-state index contributed by atoms with van der Waals surface area (Å²) in [6, 6.07) is 5.45. The predicted molar refractivity (Wildman–Crippen MR) is 89.8 cm³/mol. The van der Waals surface area contributed by atoms with Crippen molar-refractivity contribution in [1.82, 2.24) is 15.5 Å². The summed E-state index contributed by atoms with van der Waals surface area (Å²) in [4.78, 5) is 12.1. The van der Waals surface area contributed by atoms with E-state index in [2.05, 4.69) is 15.5 Å². The number of aromatic nitrogens is 2. The Morgan fingerprint density at radius 1 is 1.50 bits per heavy atom. The topological polar surface area (TPSA) is 64.1 Å². The van der Waals surface area contributed by atoms with Gasteiger partial charge in [-0.25, -0.2) is 0 Å². The molecular formula is C14H16ClN3O2S2. The monoisotopic (exact) mass is 357 g/mol. The van der Waals surface area contributed by atoms with Gasteiger partial charge >= 0.3 is 0 Å². The summed E-state index contributed by atoms with van der Waals surface area (Å²) in [6.07, 6.45) is 1.29. The van der Waals surface area contributed by atoms with Gasteiger partial charge in [0.15, 0.2) is 10.4 Å². The van der Waals surface area contributed by atoms with E-state index < -0.39 is 6.10 Å². The summed E-state index contributed by atoms with van der Waals surface area (Å²) in [6.45, 7) is 3.96. The van der Waals surface area contributed by atoms with Crippen molar-refractivity contribution >= 4 is 40.6 Å². The molecule has 1 aromatic heterocycles. The maximum absolute atomic E-state index is 12.1. The molecule has 8 heteroatoms. The number of amides is 1. The third kappa shape index (κ3) is 4.59. The molecule has 0 spiro atoms. The Balaban J connectivity index is 1.90. The van der Waals surface area contributed by atoms with Crippen molar-refractivity contribution in [2.75, 3.05) is 6.26 Å². The fourth-order valence-corrected chi connectivity index (χ4v) is 3.06. The highest BCUT2D eigenvalue weighted by Crippen LogP contribution is 2.26. The third-order valence-corrected chi connectivity index (χ3v) is 5.01. The minimum Gasteiger partial charge on any atom is -0.479 e. The SMILES string of the molecule is CSc1nnc(CNC(=O)[C@H](C)Oc2cc(C)ccc2Cl)s1. The maximum Gasteiger partial charge on any atom is 0.261 e. The van der Waals surface area contributed by atoms with Crippen LogP contribution in [0.1, 0.15) is 17.5 Å². The van der Waals surface area contributed by atoms with Gasteiger partial charge < -0.3 is 10.1 Å². The van der Waals surface area contributed by atoms with Gasteiger partial charge in [0.1, 0.15) is 10.8 Å². The first-order chi connectivity index (χ1) is 10.5. The molecule has 0 aliphatic heterocycles. The second-order valence-electron chi connectivity index (χ2n) is 4.58. The number of benzene rings is 1. The average Bonchev–Trinajstić information content (AvgIpc) is 2.96. The van der Waals surface area contributed by atoms with Crippen molar-refractivity contribution in [3.8, 4) is 5.75 Å². The molecule has 0 saturated heterocycles. The van der Waals surface area contributed by atoms with Gasteiger partial charge in [0.25, 0.3) is 5.91 Å². The molecule has 5 nitrogen and oxygen atoms in total. The highest BCUT2D eigenvalue weighted by Gasteiger charge is 2.16. The van der Waals surface area contributed by atoms with Gasteiger partial charge in [-0.05, 0) is 37.8 Å². The number of ether oxygens (including phenoxy) is 1. The second-order valence-corrected chi connectivity index (χ2v) is 7.10. The third-order valence-electron chi connectivity index (χ3n) is 2.80. The predicted octanol–water partition coefficient (Wildman–Crippen LogP) is 3.31. The zero-order valence-corrected chi connectivity index (χ0v) is 14.8. The lowest BCUT2D eigenvalue weighted by atomic mass is 10.2. The fourth-order valence-electron chi connectivity index (χ4n) is 1.64. The normalized spacial score (nSPS) is 12.0. The van der Waals surface area contributed by atoms with Gasteiger partial charge in [-0.1, -0.05) is 40.8 Å². The van der Waals surface area contributed by atoms with Crippen LogP contribution in [0.2, 0.25) is 5.02 Å². The van der Waals surface area contributed by atoms with E-state index in [0.29, 0.717) is 17.3 Å². The molecule has 1 amide bonds. The van der Waals surface area contributed by atoms with E-state index in [1.807, 2.05) is 25.3 Å². The minimum absolute atomic E-state index is 0.224. The molecule has 0 aliphatic carbocycles. The molecule has 1 N–H and O–H groups in total. The number of nitrogens with one attached hydrogen (secondary N) is 1. The van der Waals surface area contributed by atoms with E-state index in [1.165, 1.54) is 23.1 Å². The van der Waals surface area contributed by atoms with E-state index in [4.69, 9.17) is 16.3 Å². The molecule has 2 rings (SSSR count). The maximum atomic E-state index is 12.1. The lowest BCUT2D eigenvalue weighted by Gasteiger charge is -2.15. The van der Waals surface area contributed by atoms with Gasteiger partial charge in [0.2, 0.25) is 0 Å². The smallest absolute Gasteiger partial charge is 0.261 e. The summed E-state index contributed by atoms with van der Waals surface area (Å²) >= 11 is 9.05. The van der Waals surface area contributed by atoms with E-state index in [0.717, 1.165) is 14.9 Å². The van der Waals surface area contributed by atoms with E-state index in [1.54, 1.807) is 13.0 Å². The summed E-state index contributed by atoms with van der Waals surface area (Å²) in [7, 11) is 0. The number of halogens is 1. The van der Waals surface area contributed by atoms with Gasteiger partial charge in [-0.15, -0.1) is 10.2 Å². The molecule has 0 unspecified atom stereocenters. The number of aryl methyl sites for hydroxylation is 1. The minimum atomic E-state index is -0.646. The molecule has 0 fully saturated rings. The molecule has 1 heterocycles. The van der Waals surface area contributed by atoms with Gasteiger partial charge in [-0.3, -0.25) is 4.79 Å². The Hall–Kier alpha value is -1.31. The Bertz CT molecular complexity index is 663. The number of hydrogen-bond donors (Lipinski definition) is 1. The Labute approximate surface area is 142 Å². The van der Waals surface area contributed by atoms with Crippen LogP contribution in [-0.4, -0.2) is 28.5 Å². The van der Waals surface area contributed by atoms with Gasteiger partial charge in [-0.2, -0.15) is 0 Å². The summed E-state index contributed by atoms with van der Waals surface area (Å²) < 4.78 is 6.50. The van der Waals surface area contributed by atoms with Crippen LogP contribution >= 0.6 is 34.7 Å². The van der Waals surface area contributed by atoms with Gasteiger partial charge in [0.05, 0.1) is 11.6 Å². The molecule has 0 bridgehead atoms. The Morgan fingerprint density at radius 3 is 2.95 bits per heavy atom. The van der Waals surface area contributed by atoms with Crippen molar-refractivity contribution in [3.63, 3.8) is 0 Å². The molecule has 0 saturated carbocycles. The fraction of sp³-hybridized carbons (Fsp3) is 0.357. The lowest BCUT2D eigenvalue weighted by Crippen LogP contribution is -2.35. The standard InChI is InChI=1S/C14H16ClN3O2S2/c1-8-4-5-10(15)11(6-8)20-9(2)13(19)16-7-12-17-18-14(21-3)22-12/h4-6,9H,7H2,1-3H3,(H,16,19)/t9-/m0/s1. The van der Waals surface area contributed by atoms with E-state index >= 15 is 0 Å². The van der Waals surface area contributed by atoms with Crippen molar-refractivity contribution in [2.45, 2.75) is 30.8 Å². The first-order valence-electron chi connectivity index (χ1n) is 6.56. The van der Waals surface area contributed by atoms with Crippen LogP contribution in [0.4, 0.5) is 0 Å². The molecule has 1 atom stereocenters. The second kappa shape index (κ2) is 7.80. The molecule has 22 heavy (non-hydrogen) atoms. The summed E-state index contributed by atoms with van der Waals surface area (Å²) in [5.41, 5.74) is 1.02. The first kappa shape index (κ1) is 17.1. The average molecular weight is 358 g/mol. The number of carbonyl (C=O) groups is 1. The molecule has 0 radical (unpaired) electrons. The van der Waals surface area contributed by atoms with Crippen LogP contribution in [0, 0.1) is 6.92 Å².